The van der Waals surface area contributed by atoms with Crippen molar-refractivity contribution in [3.8, 4) is 0 Å². The van der Waals surface area contributed by atoms with Crippen molar-refractivity contribution in [2.24, 2.45) is 0 Å². The minimum Gasteiger partial charge on any atom is -0.369 e. The van der Waals surface area contributed by atoms with Crippen LogP contribution in [0.25, 0.3) is 0 Å². The summed E-state index contributed by atoms with van der Waals surface area (Å²) in [5.41, 5.74) is 1.34. The molecule has 25 heavy (non-hydrogen) atoms. The maximum absolute atomic E-state index is 13.1. The number of pyridine rings is 1. The zero-order chi connectivity index (χ0) is 18.0. The van der Waals surface area contributed by atoms with Gasteiger partial charge in [0.15, 0.2) is 0 Å². The number of anilines is 1. The summed E-state index contributed by atoms with van der Waals surface area (Å²) in [6, 6.07) is 13.8. The summed E-state index contributed by atoms with van der Waals surface area (Å²) in [5.74, 6) is 0.826. The van der Waals surface area contributed by atoms with Crippen LogP contribution in [0.4, 0.5) is 5.82 Å². The highest BCUT2D eigenvalue weighted by atomic mass is 16.5. The van der Waals surface area contributed by atoms with E-state index in [1.807, 2.05) is 80.2 Å². The zero-order valence-corrected chi connectivity index (χ0v) is 15.3. The number of hydrogen-bond acceptors (Lipinski definition) is 4. The topological polar surface area (TPSA) is 45.7 Å². The molecule has 1 atom stereocenters. The van der Waals surface area contributed by atoms with Gasteiger partial charge in [-0.05, 0) is 31.5 Å². The standard InChI is InChI=1S/C20H25N3O2/c1-20(2)14-25-17(15-8-6-5-7-9-15)13-23(20)19(24)16-10-11-18(21-12-16)22(3)4/h5-12,17H,13-14H2,1-4H3/t17-/m1/s1. The summed E-state index contributed by atoms with van der Waals surface area (Å²) in [6.45, 7) is 5.11. The maximum Gasteiger partial charge on any atom is 0.256 e. The van der Waals surface area contributed by atoms with E-state index >= 15 is 0 Å². The van der Waals surface area contributed by atoms with Crippen LogP contribution in [-0.4, -0.2) is 48.6 Å². The number of hydrogen-bond donors (Lipinski definition) is 0. The van der Waals surface area contributed by atoms with Crippen molar-refractivity contribution < 1.29 is 9.53 Å². The predicted molar refractivity (Wildman–Crippen MR) is 98.8 cm³/mol. The van der Waals surface area contributed by atoms with Gasteiger partial charge in [0.25, 0.3) is 5.91 Å². The van der Waals surface area contributed by atoms with E-state index in [1.54, 1.807) is 6.20 Å². The summed E-state index contributed by atoms with van der Waals surface area (Å²) in [7, 11) is 3.86. The molecule has 0 saturated carbocycles. The summed E-state index contributed by atoms with van der Waals surface area (Å²) in [6.07, 6.45) is 1.55. The molecule has 2 aromatic rings. The van der Waals surface area contributed by atoms with Gasteiger partial charge in [-0.15, -0.1) is 0 Å². The quantitative estimate of drug-likeness (QED) is 0.862. The third-order valence-corrected chi connectivity index (χ3v) is 4.59. The number of ether oxygens (including phenoxy) is 1. The lowest BCUT2D eigenvalue weighted by atomic mass is 9.97. The molecule has 0 unspecified atom stereocenters. The number of nitrogens with zero attached hydrogens (tertiary/aromatic N) is 3. The molecule has 0 bridgehead atoms. The Labute approximate surface area is 149 Å². The van der Waals surface area contributed by atoms with E-state index in [0.29, 0.717) is 18.7 Å². The maximum atomic E-state index is 13.1. The van der Waals surface area contributed by atoms with Gasteiger partial charge in [0, 0.05) is 20.3 Å². The highest BCUT2D eigenvalue weighted by molar-refractivity contribution is 5.94. The van der Waals surface area contributed by atoms with E-state index in [0.717, 1.165) is 11.4 Å². The van der Waals surface area contributed by atoms with Crippen molar-refractivity contribution in [3.05, 3.63) is 59.8 Å². The van der Waals surface area contributed by atoms with E-state index in [-0.39, 0.29) is 17.6 Å². The average Bonchev–Trinajstić information content (AvgIpc) is 2.62. The van der Waals surface area contributed by atoms with Crippen molar-refractivity contribution in [3.63, 3.8) is 0 Å². The number of carbonyl (C=O) groups excluding carboxylic acids is 1. The van der Waals surface area contributed by atoms with Crippen LogP contribution in [0.15, 0.2) is 48.7 Å². The second-order valence-electron chi connectivity index (χ2n) is 7.24. The molecular weight excluding hydrogens is 314 g/mol. The van der Waals surface area contributed by atoms with Crippen LogP contribution in [0, 0.1) is 0 Å². The molecule has 1 saturated heterocycles. The van der Waals surface area contributed by atoms with E-state index < -0.39 is 0 Å². The summed E-state index contributed by atoms with van der Waals surface area (Å²) < 4.78 is 6.03. The van der Waals surface area contributed by atoms with Gasteiger partial charge >= 0.3 is 0 Å². The number of benzene rings is 1. The molecule has 1 fully saturated rings. The van der Waals surface area contributed by atoms with Gasteiger partial charge < -0.3 is 14.5 Å². The molecule has 3 rings (SSSR count). The molecule has 0 N–H and O–H groups in total. The SMILES string of the molecule is CN(C)c1ccc(C(=O)N2C[C@H](c3ccccc3)OCC2(C)C)cn1. The molecule has 0 aliphatic carbocycles. The van der Waals surface area contributed by atoms with Crippen LogP contribution < -0.4 is 4.90 Å². The van der Waals surface area contributed by atoms with Gasteiger partial charge in [0.05, 0.1) is 24.3 Å². The molecular formula is C20H25N3O2. The normalized spacial score (nSPS) is 19.5. The Bertz CT molecular complexity index is 726. The van der Waals surface area contributed by atoms with E-state index in [1.165, 1.54) is 0 Å². The fraction of sp³-hybridized carbons (Fsp3) is 0.400. The first-order chi connectivity index (χ1) is 11.9. The first kappa shape index (κ1) is 17.4. The zero-order valence-electron chi connectivity index (χ0n) is 15.3. The van der Waals surface area contributed by atoms with E-state index in [9.17, 15) is 4.79 Å². The van der Waals surface area contributed by atoms with Gasteiger partial charge in [-0.25, -0.2) is 4.98 Å². The average molecular weight is 339 g/mol. The third-order valence-electron chi connectivity index (χ3n) is 4.59. The minimum absolute atomic E-state index is 0.00737. The second kappa shape index (κ2) is 6.84. The van der Waals surface area contributed by atoms with Crippen LogP contribution in [0.2, 0.25) is 0 Å². The molecule has 1 aliphatic heterocycles. The van der Waals surface area contributed by atoms with Crippen molar-refractivity contribution in [2.75, 3.05) is 32.1 Å². The molecule has 1 aliphatic rings. The smallest absolute Gasteiger partial charge is 0.256 e. The number of rotatable bonds is 3. The lowest BCUT2D eigenvalue weighted by molar-refractivity contribution is -0.0846. The highest BCUT2D eigenvalue weighted by Gasteiger charge is 2.39. The molecule has 1 aromatic carbocycles. The molecule has 2 heterocycles. The number of carbonyl (C=O) groups is 1. The Morgan fingerprint density at radius 2 is 1.92 bits per heavy atom. The van der Waals surface area contributed by atoms with Crippen LogP contribution in [0.3, 0.4) is 0 Å². The lowest BCUT2D eigenvalue weighted by Crippen LogP contribution is -2.56. The summed E-state index contributed by atoms with van der Waals surface area (Å²) in [5, 5.41) is 0. The van der Waals surface area contributed by atoms with Gasteiger partial charge in [-0.1, -0.05) is 30.3 Å². The van der Waals surface area contributed by atoms with Gasteiger partial charge in [-0.2, -0.15) is 0 Å². The monoisotopic (exact) mass is 339 g/mol. The first-order valence-corrected chi connectivity index (χ1v) is 8.50. The number of amides is 1. The fourth-order valence-electron chi connectivity index (χ4n) is 3.01. The molecule has 5 nitrogen and oxygen atoms in total. The lowest BCUT2D eigenvalue weighted by Gasteiger charge is -2.45. The molecule has 132 valence electrons. The van der Waals surface area contributed by atoms with Crippen molar-refractivity contribution >= 4 is 11.7 Å². The van der Waals surface area contributed by atoms with Crippen LogP contribution >= 0.6 is 0 Å². The van der Waals surface area contributed by atoms with Crippen molar-refractivity contribution in [1.29, 1.82) is 0 Å². The van der Waals surface area contributed by atoms with Crippen LogP contribution in [-0.2, 0) is 4.74 Å². The second-order valence-corrected chi connectivity index (χ2v) is 7.24. The Morgan fingerprint density at radius 1 is 1.20 bits per heavy atom. The van der Waals surface area contributed by atoms with Crippen LogP contribution in [0.5, 0.6) is 0 Å². The molecule has 0 spiro atoms. The summed E-state index contributed by atoms with van der Waals surface area (Å²) in [4.78, 5) is 21.3. The number of morpholine rings is 1. The van der Waals surface area contributed by atoms with Gasteiger partial charge in [0.1, 0.15) is 11.9 Å². The molecule has 0 radical (unpaired) electrons. The minimum atomic E-state index is -0.359. The Hall–Kier alpha value is -2.40. The van der Waals surface area contributed by atoms with Crippen LogP contribution in [0.1, 0.15) is 35.9 Å². The first-order valence-electron chi connectivity index (χ1n) is 8.50. The van der Waals surface area contributed by atoms with Gasteiger partial charge in [0.2, 0.25) is 0 Å². The van der Waals surface area contributed by atoms with E-state index in [2.05, 4.69) is 4.98 Å². The third kappa shape index (κ3) is 3.66. The predicted octanol–water partition coefficient (Wildman–Crippen LogP) is 3.14. The largest absolute Gasteiger partial charge is 0.369 e. The highest BCUT2D eigenvalue weighted by Crippen LogP contribution is 2.31. The van der Waals surface area contributed by atoms with Gasteiger partial charge in [-0.3, -0.25) is 4.79 Å². The Balaban J connectivity index is 1.83. The molecule has 1 amide bonds. The Morgan fingerprint density at radius 3 is 2.52 bits per heavy atom. The van der Waals surface area contributed by atoms with Crippen molar-refractivity contribution in [1.82, 2.24) is 9.88 Å². The fourth-order valence-corrected chi connectivity index (χ4v) is 3.01. The number of aromatic nitrogens is 1. The molecule has 1 aromatic heterocycles. The van der Waals surface area contributed by atoms with Crippen molar-refractivity contribution in [2.45, 2.75) is 25.5 Å². The Kier molecular flexibility index (Phi) is 4.77. The van der Waals surface area contributed by atoms with E-state index in [4.69, 9.17) is 4.74 Å². The molecule has 5 heteroatoms. The summed E-state index contributed by atoms with van der Waals surface area (Å²) >= 11 is 0.